The normalized spacial score (nSPS) is 35.7. The van der Waals surface area contributed by atoms with Crippen LogP contribution in [-0.4, -0.2) is 18.4 Å². The van der Waals surface area contributed by atoms with Crippen LogP contribution in [-0.2, 0) is 14.3 Å². The van der Waals surface area contributed by atoms with Crippen LogP contribution in [0.3, 0.4) is 0 Å². The summed E-state index contributed by atoms with van der Waals surface area (Å²) >= 11 is 0. The highest BCUT2D eigenvalue weighted by molar-refractivity contribution is 6.06. The zero-order valence-corrected chi connectivity index (χ0v) is 10.3. The second-order valence-corrected chi connectivity index (χ2v) is 5.90. The fourth-order valence-electron chi connectivity index (χ4n) is 3.29. The molecule has 1 spiro atoms. The van der Waals surface area contributed by atoms with Gasteiger partial charge in [0.25, 0.3) is 0 Å². The number of hydrogen-bond acceptors (Lipinski definition) is 4. The first-order valence-electron chi connectivity index (χ1n) is 6.00. The Morgan fingerprint density at radius 2 is 2.18 bits per heavy atom. The smallest absolute Gasteiger partial charge is 0.319 e. The zero-order valence-electron chi connectivity index (χ0n) is 10.3. The Labute approximate surface area is 101 Å². The minimum absolute atomic E-state index is 0.0348. The number of ether oxygens (including phenoxy) is 1. The molecule has 4 heteroatoms. The molecule has 0 aromatic rings. The van der Waals surface area contributed by atoms with Crippen molar-refractivity contribution in [3.63, 3.8) is 0 Å². The maximum absolute atomic E-state index is 12.3. The van der Waals surface area contributed by atoms with E-state index in [0.717, 1.165) is 0 Å². The molecule has 0 unspecified atom stereocenters. The number of carbonyl (C=O) groups is 2. The average molecular weight is 235 g/mol. The molecule has 1 aliphatic carbocycles. The van der Waals surface area contributed by atoms with Gasteiger partial charge in [-0.05, 0) is 24.2 Å². The predicted molar refractivity (Wildman–Crippen MR) is 59.8 cm³/mol. The summed E-state index contributed by atoms with van der Waals surface area (Å²) in [6.45, 7) is 4.32. The van der Waals surface area contributed by atoms with Gasteiger partial charge >= 0.3 is 5.97 Å². The third-order valence-electron chi connectivity index (χ3n) is 3.99. The van der Waals surface area contributed by atoms with Crippen LogP contribution in [0.25, 0.3) is 0 Å². The Morgan fingerprint density at radius 3 is 2.71 bits per heavy atom. The van der Waals surface area contributed by atoms with E-state index in [1.54, 1.807) is 0 Å². The lowest BCUT2D eigenvalue weighted by Crippen LogP contribution is -2.47. The van der Waals surface area contributed by atoms with Gasteiger partial charge in [-0.1, -0.05) is 13.8 Å². The summed E-state index contributed by atoms with van der Waals surface area (Å²) in [5.74, 6) is -0.602. The number of rotatable bonds is 1. The molecule has 0 aromatic carbocycles. The molecular weight excluding hydrogens is 218 g/mol. The standard InChI is InChI=1S/C13H17NO3/c1-12(2)7-10(15)13(8-12)9(3-5-14)4-6-17-11(13)16/h9H,3-4,6-8H2,1-2H3/t9-,13-/m0/s1. The molecule has 1 aliphatic heterocycles. The number of nitriles is 1. The number of cyclic esters (lactones) is 1. The summed E-state index contributed by atoms with van der Waals surface area (Å²) in [5.41, 5.74) is -1.20. The minimum Gasteiger partial charge on any atom is -0.465 e. The highest BCUT2D eigenvalue weighted by atomic mass is 16.5. The number of hydrogen-bond donors (Lipinski definition) is 0. The summed E-state index contributed by atoms with van der Waals surface area (Å²) in [6, 6.07) is 2.10. The highest BCUT2D eigenvalue weighted by Gasteiger charge is 2.61. The lowest BCUT2D eigenvalue weighted by molar-refractivity contribution is -0.171. The van der Waals surface area contributed by atoms with Gasteiger partial charge < -0.3 is 4.74 Å². The molecule has 92 valence electrons. The van der Waals surface area contributed by atoms with Gasteiger partial charge in [-0.25, -0.2) is 0 Å². The molecule has 1 saturated carbocycles. The Kier molecular flexibility index (Phi) is 2.73. The van der Waals surface area contributed by atoms with Gasteiger partial charge in [0, 0.05) is 12.8 Å². The van der Waals surface area contributed by atoms with Gasteiger partial charge in [-0.3, -0.25) is 9.59 Å². The molecule has 2 aliphatic rings. The van der Waals surface area contributed by atoms with Gasteiger partial charge in [-0.15, -0.1) is 0 Å². The van der Waals surface area contributed by atoms with E-state index in [-0.39, 0.29) is 23.5 Å². The van der Waals surface area contributed by atoms with Crippen molar-refractivity contribution in [2.45, 2.75) is 39.5 Å². The monoisotopic (exact) mass is 235 g/mol. The van der Waals surface area contributed by atoms with E-state index >= 15 is 0 Å². The first-order chi connectivity index (χ1) is 7.92. The number of carbonyl (C=O) groups excluding carboxylic acids is 2. The minimum atomic E-state index is -1.03. The van der Waals surface area contributed by atoms with Crippen molar-refractivity contribution in [2.24, 2.45) is 16.7 Å². The molecule has 0 aromatic heterocycles. The van der Waals surface area contributed by atoms with Crippen LogP contribution < -0.4 is 0 Å². The fraction of sp³-hybridized carbons (Fsp3) is 0.769. The maximum atomic E-state index is 12.3. The molecule has 4 nitrogen and oxygen atoms in total. The van der Waals surface area contributed by atoms with Crippen LogP contribution >= 0.6 is 0 Å². The quantitative estimate of drug-likeness (QED) is 0.513. The van der Waals surface area contributed by atoms with Crippen LogP contribution in [0.5, 0.6) is 0 Å². The topological polar surface area (TPSA) is 67.2 Å². The summed E-state index contributed by atoms with van der Waals surface area (Å²) in [4.78, 5) is 24.3. The van der Waals surface area contributed by atoms with Crippen molar-refractivity contribution in [1.82, 2.24) is 0 Å². The molecule has 0 amide bonds. The van der Waals surface area contributed by atoms with Crippen LogP contribution in [0.1, 0.15) is 39.5 Å². The van der Waals surface area contributed by atoms with Gasteiger partial charge in [0.1, 0.15) is 5.41 Å². The van der Waals surface area contributed by atoms with Gasteiger partial charge in [0.05, 0.1) is 12.7 Å². The molecule has 1 heterocycles. The summed E-state index contributed by atoms with van der Waals surface area (Å²) in [6.07, 6.45) is 1.81. The average Bonchev–Trinajstić information content (AvgIpc) is 2.46. The number of esters is 1. The molecule has 1 saturated heterocycles. The Bertz CT molecular complexity index is 407. The lowest BCUT2D eigenvalue weighted by Gasteiger charge is -2.37. The van der Waals surface area contributed by atoms with E-state index in [0.29, 0.717) is 25.9 Å². The van der Waals surface area contributed by atoms with E-state index in [2.05, 4.69) is 6.07 Å². The molecule has 2 rings (SSSR count). The van der Waals surface area contributed by atoms with Crippen molar-refractivity contribution in [3.8, 4) is 6.07 Å². The highest BCUT2D eigenvalue weighted by Crippen LogP contribution is 2.54. The summed E-state index contributed by atoms with van der Waals surface area (Å²) in [7, 11) is 0. The molecule has 0 bridgehead atoms. The molecule has 17 heavy (non-hydrogen) atoms. The van der Waals surface area contributed by atoms with Crippen LogP contribution in [0, 0.1) is 28.1 Å². The van der Waals surface area contributed by atoms with Crippen LogP contribution in [0.2, 0.25) is 0 Å². The second kappa shape index (κ2) is 3.83. The zero-order chi connectivity index (χ0) is 12.7. The Morgan fingerprint density at radius 1 is 1.47 bits per heavy atom. The van der Waals surface area contributed by atoms with Gasteiger partial charge in [-0.2, -0.15) is 5.26 Å². The number of nitrogens with zero attached hydrogens (tertiary/aromatic N) is 1. The summed E-state index contributed by atoms with van der Waals surface area (Å²) in [5, 5.41) is 8.85. The fourth-order valence-corrected chi connectivity index (χ4v) is 3.29. The largest absolute Gasteiger partial charge is 0.465 e. The molecule has 2 fully saturated rings. The SMILES string of the molecule is CC1(C)CC(=O)[C@@]2(C1)C(=O)OCC[C@@H]2CC#N. The second-order valence-electron chi connectivity index (χ2n) is 5.90. The van der Waals surface area contributed by atoms with Crippen molar-refractivity contribution >= 4 is 11.8 Å². The van der Waals surface area contributed by atoms with E-state index < -0.39 is 11.4 Å². The third kappa shape index (κ3) is 1.74. The lowest BCUT2D eigenvalue weighted by atomic mass is 9.67. The maximum Gasteiger partial charge on any atom is 0.319 e. The van der Waals surface area contributed by atoms with Crippen molar-refractivity contribution < 1.29 is 14.3 Å². The Balaban J connectivity index is 2.40. The molecule has 0 N–H and O–H groups in total. The Hall–Kier alpha value is -1.37. The predicted octanol–water partition coefficient (Wildman–Crippen LogP) is 1.84. The van der Waals surface area contributed by atoms with Crippen LogP contribution in [0.4, 0.5) is 0 Å². The first kappa shape index (κ1) is 12.1. The van der Waals surface area contributed by atoms with Crippen LogP contribution in [0.15, 0.2) is 0 Å². The van der Waals surface area contributed by atoms with Crippen molar-refractivity contribution in [3.05, 3.63) is 0 Å². The molecule has 2 atom stereocenters. The van der Waals surface area contributed by atoms with Gasteiger partial charge in [0.2, 0.25) is 0 Å². The number of Topliss-reactive ketones (excluding diaryl/α,β-unsaturated/α-hetero) is 1. The molecular formula is C13H17NO3. The van der Waals surface area contributed by atoms with E-state index in [9.17, 15) is 9.59 Å². The van der Waals surface area contributed by atoms with E-state index in [4.69, 9.17) is 10.00 Å². The first-order valence-corrected chi connectivity index (χ1v) is 6.00. The number of ketones is 1. The van der Waals surface area contributed by atoms with Crippen molar-refractivity contribution in [2.75, 3.05) is 6.61 Å². The van der Waals surface area contributed by atoms with E-state index in [1.165, 1.54) is 0 Å². The molecule has 0 radical (unpaired) electrons. The van der Waals surface area contributed by atoms with Gasteiger partial charge in [0.15, 0.2) is 5.78 Å². The third-order valence-corrected chi connectivity index (χ3v) is 3.99. The summed E-state index contributed by atoms with van der Waals surface area (Å²) < 4.78 is 5.09. The van der Waals surface area contributed by atoms with Crippen molar-refractivity contribution in [1.29, 1.82) is 5.26 Å². The van der Waals surface area contributed by atoms with E-state index in [1.807, 2.05) is 13.8 Å².